The van der Waals surface area contributed by atoms with Crippen molar-refractivity contribution in [2.75, 3.05) is 6.61 Å². The molecule has 0 aliphatic carbocycles. The fourth-order valence-corrected chi connectivity index (χ4v) is 1.93. The van der Waals surface area contributed by atoms with Gasteiger partial charge in [0.15, 0.2) is 0 Å². The van der Waals surface area contributed by atoms with E-state index in [1.165, 1.54) is 57.8 Å². The molecule has 0 aliphatic heterocycles. The monoisotopic (exact) mass is 272 g/mol. The van der Waals surface area contributed by atoms with Crippen molar-refractivity contribution in [3.63, 3.8) is 0 Å². The van der Waals surface area contributed by atoms with Crippen molar-refractivity contribution in [1.29, 1.82) is 0 Å². The van der Waals surface area contributed by atoms with Gasteiger partial charge in [-0.05, 0) is 6.42 Å². The van der Waals surface area contributed by atoms with Crippen molar-refractivity contribution >= 4 is 12.3 Å². The van der Waals surface area contributed by atoms with E-state index in [2.05, 4.69) is 11.3 Å². The van der Waals surface area contributed by atoms with Crippen LogP contribution in [0.25, 0.3) is 0 Å². The first-order valence-corrected chi connectivity index (χ1v) is 7.16. The van der Waals surface area contributed by atoms with Crippen molar-refractivity contribution in [3.05, 3.63) is 0 Å². The van der Waals surface area contributed by atoms with E-state index in [1.54, 1.807) is 0 Å². The number of hydrogen-bond acceptors (Lipinski definition) is 4. The molecule has 0 aliphatic rings. The Morgan fingerprint density at radius 1 is 0.824 bits per heavy atom. The summed E-state index contributed by atoms with van der Waals surface area (Å²) in [7, 11) is 0. The summed E-state index contributed by atoms with van der Waals surface area (Å²) in [5, 5.41) is 9.55. The molecule has 0 aromatic rings. The van der Waals surface area contributed by atoms with Gasteiger partial charge in [0.05, 0.1) is 6.61 Å². The van der Waals surface area contributed by atoms with Gasteiger partial charge < -0.3 is 9.59 Å². The second kappa shape index (κ2) is 19.6. The van der Waals surface area contributed by atoms with E-state index >= 15 is 0 Å². The molecule has 0 rings (SSSR count). The van der Waals surface area contributed by atoms with Crippen molar-refractivity contribution in [2.45, 2.75) is 71.1 Å². The molecule has 0 N–H and O–H groups in total. The summed E-state index contributed by atoms with van der Waals surface area (Å²) in [5.41, 5.74) is 0. The minimum absolute atomic E-state index is 0. The first kappa shape index (κ1) is 20.5. The predicted octanol–water partition coefficient (Wildman–Crippen LogP) is 0.783. The number of rotatable bonds is 13. The molecule has 0 aromatic heterocycles. The summed E-state index contributed by atoms with van der Waals surface area (Å²) in [4.78, 5) is 0. The number of unbranched alkanes of at least 4 members (excludes halogenated alkanes) is 9. The first-order chi connectivity index (χ1) is 7.91. The molecule has 17 heavy (non-hydrogen) atoms. The van der Waals surface area contributed by atoms with Gasteiger partial charge in [-0.15, -0.1) is 0 Å². The maximum absolute atomic E-state index is 9.55. The summed E-state index contributed by atoms with van der Waals surface area (Å²) in [6.07, 6.45) is 13.1. The minimum atomic E-state index is 0. The molecule has 0 amide bonds. The Bertz CT molecular complexity index is 114. The van der Waals surface area contributed by atoms with Crippen molar-refractivity contribution in [3.8, 4) is 0 Å². The minimum Gasteiger partial charge on any atom is -0.709 e. The molecule has 0 fully saturated rings. The van der Waals surface area contributed by atoms with Gasteiger partial charge >= 0.3 is 29.6 Å². The van der Waals surface area contributed by atoms with Crippen LogP contribution in [0.2, 0.25) is 0 Å². The zero-order chi connectivity index (χ0) is 11.9. The van der Waals surface area contributed by atoms with Gasteiger partial charge in [0.2, 0.25) is 0 Å². The van der Waals surface area contributed by atoms with Crippen LogP contribution in [0.5, 0.6) is 0 Å². The second-order valence-corrected chi connectivity index (χ2v) is 4.65. The molecule has 0 spiro atoms. The molecule has 3 nitrogen and oxygen atoms in total. The Morgan fingerprint density at radius 2 is 1.29 bits per heavy atom. The van der Waals surface area contributed by atoms with Crippen LogP contribution in [0.15, 0.2) is 0 Å². The van der Waals surface area contributed by atoms with Gasteiger partial charge in [-0.2, -0.15) is 0 Å². The van der Waals surface area contributed by atoms with E-state index < -0.39 is 0 Å². The van der Waals surface area contributed by atoms with Crippen LogP contribution >= 0.6 is 12.3 Å². The van der Waals surface area contributed by atoms with E-state index in [1.807, 2.05) is 0 Å². The average Bonchev–Trinajstić information content (AvgIpc) is 2.31. The van der Waals surface area contributed by atoms with Gasteiger partial charge in [-0.25, -0.2) is 0 Å². The molecule has 0 bridgehead atoms. The topological polar surface area (TPSA) is 41.5 Å². The third-order valence-electron chi connectivity index (χ3n) is 2.66. The molecule has 5 heteroatoms. The van der Waals surface area contributed by atoms with Crippen LogP contribution < -0.4 is 34.8 Å². The molecule has 0 aromatic carbocycles. The maximum atomic E-state index is 9.55. The van der Waals surface area contributed by atoms with Gasteiger partial charge in [0.25, 0.3) is 0 Å². The zero-order valence-electron chi connectivity index (χ0n) is 11.4. The van der Waals surface area contributed by atoms with Gasteiger partial charge in [0, 0.05) is 0 Å². The first-order valence-electron chi connectivity index (χ1n) is 6.50. The smallest absolute Gasteiger partial charge is 0.709 e. The van der Waals surface area contributed by atoms with Crippen LogP contribution in [0.3, 0.4) is 0 Å². The summed E-state index contributed by atoms with van der Waals surface area (Å²) < 4.78 is 8.31. The molecule has 0 radical (unpaired) electrons. The van der Waals surface area contributed by atoms with Crippen molar-refractivity contribution in [1.82, 2.24) is 0 Å². The van der Waals surface area contributed by atoms with E-state index in [-0.39, 0.29) is 29.6 Å². The third kappa shape index (κ3) is 19.7. The molecular weight excluding hydrogens is 247 g/mol. The van der Waals surface area contributed by atoms with Gasteiger partial charge in [-0.1, -0.05) is 64.7 Å². The van der Waals surface area contributed by atoms with Crippen LogP contribution in [0, 0.1) is 0 Å². The standard InChI is InChI=1S/C12H26O3S.Na/c1-2-3-4-5-6-7-8-9-10-11-12-14-16-15-13;/h13H,2-12H2,1H3;/q;+1/p-1. The SMILES string of the molecule is CCCCCCCCCCCCOSO[O-].[Na+]. The summed E-state index contributed by atoms with van der Waals surface area (Å²) in [5.74, 6) is 0. The Kier molecular flexibility index (Phi) is 23.6. The van der Waals surface area contributed by atoms with E-state index in [4.69, 9.17) is 4.18 Å². The average molecular weight is 272 g/mol. The van der Waals surface area contributed by atoms with E-state index in [0.717, 1.165) is 6.42 Å². The quantitative estimate of drug-likeness (QED) is 0.163. The van der Waals surface area contributed by atoms with Crippen LogP contribution in [-0.4, -0.2) is 6.61 Å². The van der Waals surface area contributed by atoms with Crippen molar-refractivity contribution < 1.29 is 43.3 Å². The molecule has 0 atom stereocenters. The summed E-state index contributed by atoms with van der Waals surface area (Å²) in [6.45, 7) is 2.86. The van der Waals surface area contributed by atoms with Crippen LogP contribution in [-0.2, 0) is 8.52 Å². The fraction of sp³-hybridized carbons (Fsp3) is 1.00. The van der Waals surface area contributed by atoms with Gasteiger partial charge in [0.1, 0.15) is 12.3 Å². The van der Waals surface area contributed by atoms with E-state index in [9.17, 15) is 5.26 Å². The molecular formula is C12H25NaO3S. The normalized spacial score (nSPS) is 10.2. The fourth-order valence-electron chi connectivity index (χ4n) is 1.70. The molecule has 0 unspecified atom stereocenters. The summed E-state index contributed by atoms with van der Waals surface area (Å²) in [6, 6.07) is 0. The molecule has 0 saturated heterocycles. The van der Waals surface area contributed by atoms with Gasteiger partial charge in [-0.3, -0.25) is 4.18 Å². The molecule has 0 heterocycles. The second-order valence-electron chi connectivity index (χ2n) is 4.14. The largest absolute Gasteiger partial charge is 1.00 e. The zero-order valence-corrected chi connectivity index (χ0v) is 14.2. The Morgan fingerprint density at radius 3 is 1.76 bits per heavy atom. The van der Waals surface area contributed by atoms with E-state index in [0.29, 0.717) is 18.9 Å². The number of hydrogen-bond donors (Lipinski definition) is 0. The Labute approximate surface area is 133 Å². The van der Waals surface area contributed by atoms with Crippen LogP contribution in [0.1, 0.15) is 71.1 Å². The molecule has 98 valence electrons. The summed E-state index contributed by atoms with van der Waals surface area (Å²) >= 11 is 0.532. The third-order valence-corrected chi connectivity index (χ3v) is 2.98. The van der Waals surface area contributed by atoms with Crippen LogP contribution in [0.4, 0.5) is 0 Å². The molecule has 0 saturated carbocycles. The Hall–Kier alpha value is 1.23. The van der Waals surface area contributed by atoms with Crippen molar-refractivity contribution in [2.24, 2.45) is 0 Å². The predicted molar refractivity (Wildman–Crippen MR) is 66.5 cm³/mol. The Balaban J connectivity index is 0. The maximum Gasteiger partial charge on any atom is 1.00 e.